The molecule has 0 aliphatic carbocycles. The number of hydrogen-bond donors (Lipinski definition) is 0. The monoisotopic (exact) mass is 259 g/mol. The molecule has 0 bridgehead atoms. The lowest BCUT2D eigenvalue weighted by atomic mass is 9.87. The van der Waals surface area contributed by atoms with E-state index in [4.69, 9.17) is 4.74 Å². The molecule has 0 fully saturated rings. The highest BCUT2D eigenvalue weighted by molar-refractivity contribution is 5.31. The number of nitrogens with zero attached hydrogens (tertiary/aromatic N) is 3. The van der Waals surface area contributed by atoms with Crippen LogP contribution in [0.15, 0.2) is 36.9 Å². The molecule has 1 heterocycles. The molecule has 0 saturated heterocycles. The summed E-state index contributed by atoms with van der Waals surface area (Å²) in [6.45, 7) is 8.15. The molecule has 0 spiro atoms. The molecule has 2 aromatic rings. The fraction of sp³-hybridized carbons (Fsp3) is 0.467. The van der Waals surface area contributed by atoms with Crippen LogP contribution in [0, 0.1) is 0 Å². The summed E-state index contributed by atoms with van der Waals surface area (Å²) in [4.78, 5) is 3.90. The lowest BCUT2D eigenvalue weighted by Crippen LogP contribution is -2.10. The van der Waals surface area contributed by atoms with Crippen molar-refractivity contribution in [3.8, 4) is 5.75 Å². The minimum Gasteiger partial charge on any atom is -0.494 e. The van der Waals surface area contributed by atoms with E-state index < -0.39 is 0 Å². The van der Waals surface area contributed by atoms with E-state index in [-0.39, 0.29) is 5.41 Å². The second-order valence-corrected chi connectivity index (χ2v) is 5.63. The van der Waals surface area contributed by atoms with Gasteiger partial charge in [0.1, 0.15) is 18.4 Å². The Bertz CT molecular complexity index is 483. The van der Waals surface area contributed by atoms with E-state index >= 15 is 0 Å². The number of hydrogen-bond acceptors (Lipinski definition) is 3. The molecule has 0 aliphatic heterocycles. The van der Waals surface area contributed by atoms with Crippen LogP contribution >= 0.6 is 0 Å². The third-order valence-corrected chi connectivity index (χ3v) is 2.99. The standard InChI is InChI=1S/C15H21N3O/c1-15(2,3)13-5-7-14(8-6-13)19-10-4-9-18-12-16-11-17-18/h5-8,11-12H,4,9-10H2,1-3H3. The first-order valence-corrected chi connectivity index (χ1v) is 6.61. The van der Waals surface area contributed by atoms with Crippen LogP contribution in [0.4, 0.5) is 0 Å². The number of rotatable bonds is 5. The predicted octanol–water partition coefficient (Wildman–Crippen LogP) is 3.04. The Kier molecular flexibility index (Phi) is 4.20. The number of benzene rings is 1. The van der Waals surface area contributed by atoms with Crippen molar-refractivity contribution in [1.29, 1.82) is 0 Å². The molecule has 19 heavy (non-hydrogen) atoms. The van der Waals surface area contributed by atoms with Gasteiger partial charge in [0.2, 0.25) is 0 Å². The number of aromatic nitrogens is 3. The first-order valence-electron chi connectivity index (χ1n) is 6.61. The van der Waals surface area contributed by atoms with E-state index in [1.54, 1.807) is 12.7 Å². The van der Waals surface area contributed by atoms with E-state index in [1.807, 2.05) is 16.8 Å². The van der Waals surface area contributed by atoms with Crippen LogP contribution < -0.4 is 4.74 Å². The molecular formula is C15H21N3O. The van der Waals surface area contributed by atoms with E-state index in [2.05, 4.69) is 43.0 Å². The van der Waals surface area contributed by atoms with Gasteiger partial charge in [-0.1, -0.05) is 32.9 Å². The van der Waals surface area contributed by atoms with E-state index in [0.717, 1.165) is 18.7 Å². The first-order chi connectivity index (χ1) is 9.05. The molecule has 0 aliphatic rings. The molecule has 0 saturated carbocycles. The predicted molar refractivity (Wildman–Crippen MR) is 75.3 cm³/mol. The summed E-state index contributed by atoms with van der Waals surface area (Å²) in [5, 5.41) is 4.05. The van der Waals surface area contributed by atoms with Gasteiger partial charge in [0.05, 0.1) is 6.61 Å². The zero-order valence-corrected chi connectivity index (χ0v) is 11.8. The van der Waals surface area contributed by atoms with Gasteiger partial charge in [-0.25, -0.2) is 4.98 Å². The third-order valence-electron chi connectivity index (χ3n) is 2.99. The maximum atomic E-state index is 5.71. The van der Waals surface area contributed by atoms with Gasteiger partial charge in [0.25, 0.3) is 0 Å². The Morgan fingerprint density at radius 3 is 2.47 bits per heavy atom. The van der Waals surface area contributed by atoms with Gasteiger partial charge in [-0.15, -0.1) is 0 Å². The van der Waals surface area contributed by atoms with Gasteiger partial charge in [0, 0.05) is 13.0 Å². The zero-order chi connectivity index (χ0) is 13.7. The van der Waals surface area contributed by atoms with Crippen molar-refractivity contribution in [2.24, 2.45) is 0 Å². The molecule has 0 amide bonds. The fourth-order valence-corrected chi connectivity index (χ4v) is 1.82. The quantitative estimate of drug-likeness (QED) is 0.775. The van der Waals surface area contributed by atoms with Gasteiger partial charge in [0.15, 0.2) is 0 Å². The van der Waals surface area contributed by atoms with Crippen molar-refractivity contribution in [3.05, 3.63) is 42.5 Å². The normalized spacial score (nSPS) is 11.5. The average molecular weight is 259 g/mol. The van der Waals surface area contributed by atoms with E-state index in [0.29, 0.717) is 6.61 Å². The van der Waals surface area contributed by atoms with Crippen molar-refractivity contribution >= 4 is 0 Å². The van der Waals surface area contributed by atoms with Gasteiger partial charge in [-0.05, 0) is 23.1 Å². The summed E-state index contributed by atoms with van der Waals surface area (Å²) in [5.74, 6) is 0.923. The molecule has 102 valence electrons. The molecule has 4 nitrogen and oxygen atoms in total. The average Bonchev–Trinajstić information content (AvgIpc) is 2.87. The highest BCUT2D eigenvalue weighted by Crippen LogP contribution is 2.24. The Morgan fingerprint density at radius 2 is 1.89 bits per heavy atom. The molecule has 2 rings (SSSR count). The summed E-state index contributed by atoms with van der Waals surface area (Å²) in [5.41, 5.74) is 1.51. The third kappa shape index (κ3) is 4.09. The van der Waals surface area contributed by atoms with Gasteiger partial charge in [-0.3, -0.25) is 4.68 Å². The number of aryl methyl sites for hydroxylation is 1. The van der Waals surface area contributed by atoms with Gasteiger partial charge >= 0.3 is 0 Å². The maximum absolute atomic E-state index is 5.71. The molecule has 4 heteroatoms. The summed E-state index contributed by atoms with van der Waals surface area (Å²) >= 11 is 0. The Balaban J connectivity index is 1.77. The lowest BCUT2D eigenvalue weighted by molar-refractivity contribution is 0.298. The number of ether oxygens (including phenoxy) is 1. The molecule has 1 aromatic heterocycles. The van der Waals surface area contributed by atoms with Crippen molar-refractivity contribution in [1.82, 2.24) is 14.8 Å². The second-order valence-electron chi connectivity index (χ2n) is 5.63. The maximum Gasteiger partial charge on any atom is 0.137 e. The zero-order valence-electron chi connectivity index (χ0n) is 11.8. The lowest BCUT2D eigenvalue weighted by Gasteiger charge is -2.19. The van der Waals surface area contributed by atoms with Crippen LogP contribution in [-0.2, 0) is 12.0 Å². The van der Waals surface area contributed by atoms with Crippen LogP contribution in [0.3, 0.4) is 0 Å². The topological polar surface area (TPSA) is 39.9 Å². The van der Waals surface area contributed by atoms with Crippen molar-refractivity contribution in [2.45, 2.75) is 39.2 Å². The largest absolute Gasteiger partial charge is 0.494 e. The van der Waals surface area contributed by atoms with Crippen LogP contribution in [0.2, 0.25) is 0 Å². The smallest absolute Gasteiger partial charge is 0.137 e. The molecule has 1 aromatic carbocycles. The van der Waals surface area contributed by atoms with E-state index in [1.165, 1.54) is 5.56 Å². The van der Waals surface area contributed by atoms with Gasteiger partial charge in [-0.2, -0.15) is 5.10 Å². The van der Waals surface area contributed by atoms with Crippen molar-refractivity contribution < 1.29 is 4.74 Å². The summed E-state index contributed by atoms with van der Waals surface area (Å²) in [7, 11) is 0. The molecule has 0 unspecified atom stereocenters. The minimum absolute atomic E-state index is 0.186. The molecule has 0 radical (unpaired) electrons. The highest BCUT2D eigenvalue weighted by atomic mass is 16.5. The van der Waals surface area contributed by atoms with Crippen LogP contribution in [0.25, 0.3) is 0 Å². The summed E-state index contributed by atoms with van der Waals surface area (Å²) < 4.78 is 7.52. The van der Waals surface area contributed by atoms with E-state index in [9.17, 15) is 0 Å². The van der Waals surface area contributed by atoms with Crippen LogP contribution in [0.1, 0.15) is 32.8 Å². The second kappa shape index (κ2) is 5.87. The highest BCUT2D eigenvalue weighted by Gasteiger charge is 2.12. The minimum atomic E-state index is 0.186. The van der Waals surface area contributed by atoms with Crippen molar-refractivity contribution in [3.63, 3.8) is 0 Å². The fourth-order valence-electron chi connectivity index (χ4n) is 1.82. The molecule has 0 N–H and O–H groups in total. The summed E-state index contributed by atoms with van der Waals surface area (Å²) in [6, 6.07) is 8.34. The Labute approximate surface area is 114 Å². The summed E-state index contributed by atoms with van der Waals surface area (Å²) in [6.07, 6.45) is 4.19. The molecular weight excluding hydrogens is 238 g/mol. The van der Waals surface area contributed by atoms with Crippen LogP contribution in [-0.4, -0.2) is 21.4 Å². The first kappa shape index (κ1) is 13.6. The Morgan fingerprint density at radius 1 is 1.16 bits per heavy atom. The molecule has 0 atom stereocenters. The SMILES string of the molecule is CC(C)(C)c1ccc(OCCCn2cncn2)cc1. The van der Waals surface area contributed by atoms with Crippen molar-refractivity contribution in [2.75, 3.05) is 6.61 Å². The van der Waals surface area contributed by atoms with Crippen LogP contribution in [0.5, 0.6) is 5.75 Å². The Hall–Kier alpha value is -1.84. The van der Waals surface area contributed by atoms with Gasteiger partial charge < -0.3 is 4.74 Å².